The van der Waals surface area contributed by atoms with Crippen LogP contribution in [-0.4, -0.2) is 24.5 Å². The lowest BCUT2D eigenvalue weighted by Crippen LogP contribution is -2.07. The third kappa shape index (κ3) is 4.00. The molecule has 13 aromatic rings. The highest BCUT2D eigenvalue weighted by atomic mass is 32.1. The summed E-state index contributed by atoms with van der Waals surface area (Å²) in [7, 11) is 0. The van der Waals surface area contributed by atoms with Gasteiger partial charge in [0.1, 0.15) is 22.3 Å². The van der Waals surface area contributed by atoms with Crippen LogP contribution in [0.1, 0.15) is 0 Å². The molecule has 0 aliphatic rings. The van der Waals surface area contributed by atoms with E-state index in [0.29, 0.717) is 17.6 Å². The van der Waals surface area contributed by atoms with Crippen molar-refractivity contribution in [1.82, 2.24) is 24.5 Å². The molecule has 56 heavy (non-hydrogen) atoms. The molecule has 6 heterocycles. The maximum atomic E-state index is 6.57. The molecular formula is C48H25N5O2S. The van der Waals surface area contributed by atoms with Crippen LogP contribution in [0.25, 0.3) is 125 Å². The Kier molecular flexibility index (Phi) is 5.92. The number of aromatic nitrogens is 5. The number of furan rings is 2. The SMILES string of the molecule is c1ccc2c(c1)oc1c(-c3nc(-c4cccc5c4oc4ccccc45)nc(-n4c5cnccc5c5c6ccccc6c6c7ccccc7sc6c54)n3)cccc12. The highest BCUT2D eigenvalue weighted by molar-refractivity contribution is 7.27. The predicted octanol–water partition coefficient (Wildman–Crippen LogP) is 13.0. The zero-order valence-corrected chi connectivity index (χ0v) is 30.2. The minimum absolute atomic E-state index is 0.480. The molecule has 260 valence electrons. The van der Waals surface area contributed by atoms with Gasteiger partial charge in [-0.25, -0.2) is 4.98 Å². The summed E-state index contributed by atoms with van der Waals surface area (Å²) in [4.78, 5) is 20.7. The van der Waals surface area contributed by atoms with E-state index in [1.165, 1.54) is 30.9 Å². The van der Waals surface area contributed by atoms with Gasteiger partial charge in [-0.2, -0.15) is 9.97 Å². The molecule has 0 saturated carbocycles. The highest BCUT2D eigenvalue weighted by Crippen LogP contribution is 2.48. The van der Waals surface area contributed by atoms with Crippen molar-refractivity contribution in [3.8, 4) is 28.7 Å². The Labute approximate surface area is 320 Å². The van der Waals surface area contributed by atoms with E-state index in [1.54, 1.807) is 11.3 Å². The van der Waals surface area contributed by atoms with Crippen LogP contribution in [-0.2, 0) is 0 Å². The van der Waals surface area contributed by atoms with Crippen LogP contribution in [0.5, 0.6) is 0 Å². The molecule has 0 bridgehead atoms. The number of thiophene rings is 1. The fraction of sp³-hybridized carbons (Fsp3) is 0. The van der Waals surface area contributed by atoms with Gasteiger partial charge < -0.3 is 8.83 Å². The summed E-state index contributed by atoms with van der Waals surface area (Å²) in [5.74, 6) is 1.47. The van der Waals surface area contributed by atoms with Crippen molar-refractivity contribution in [3.63, 3.8) is 0 Å². The molecule has 13 rings (SSSR count). The molecule has 0 spiro atoms. The van der Waals surface area contributed by atoms with Crippen molar-refractivity contribution in [2.24, 2.45) is 0 Å². The van der Waals surface area contributed by atoms with E-state index >= 15 is 0 Å². The van der Waals surface area contributed by atoms with Gasteiger partial charge in [0.15, 0.2) is 11.6 Å². The molecule has 7 nitrogen and oxygen atoms in total. The van der Waals surface area contributed by atoms with Gasteiger partial charge in [0.05, 0.1) is 33.1 Å². The number of benzene rings is 7. The van der Waals surface area contributed by atoms with E-state index < -0.39 is 0 Å². The van der Waals surface area contributed by atoms with Crippen LogP contribution in [0.15, 0.2) is 161 Å². The second kappa shape index (κ2) is 11.1. The van der Waals surface area contributed by atoms with E-state index in [-0.39, 0.29) is 0 Å². The Morgan fingerprint density at radius 2 is 1.02 bits per heavy atom. The first-order valence-corrected chi connectivity index (χ1v) is 19.3. The van der Waals surface area contributed by atoms with Crippen LogP contribution in [0.3, 0.4) is 0 Å². The molecule has 0 amide bonds. The number of hydrogen-bond acceptors (Lipinski definition) is 7. The molecule has 0 atom stereocenters. The van der Waals surface area contributed by atoms with E-state index in [2.05, 4.69) is 88.4 Å². The van der Waals surface area contributed by atoms with Crippen LogP contribution < -0.4 is 0 Å². The minimum Gasteiger partial charge on any atom is -0.455 e. The van der Waals surface area contributed by atoms with Crippen molar-refractivity contribution < 1.29 is 8.83 Å². The van der Waals surface area contributed by atoms with E-state index in [0.717, 1.165) is 76.8 Å². The largest absolute Gasteiger partial charge is 0.455 e. The lowest BCUT2D eigenvalue weighted by Gasteiger charge is -2.12. The molecule has 8 heteroatoms. The lowest BCUT2D eigenvalue weighted by molar-refractivity contribution is 0.669. The highest BCUT2D eigenvalue weighted by Gasteiger charge is 2.26. The Morgan fingerprint density at radius 3 is 1.68 bits per heavy atom. The normalized spacial score (nSPS) is 12.3. The lowest BCUT2D eigenvalue weighted by atomic mass is 9.99. The molecule has 0 unspecified atom stereocenters. The topological polar surface area (TPSA) is 82.8 Å². The monoisotopic (exact) mass is 735 g/mol. The molecular weight excluding hydrogens is 711 g/mol. The van der Waals surface area contributed by atoms with Gasteiger partial charge in [-0.1, -0.05) is 103 Å². The minimum atomic E-state index is 0.480. The third-order valence-electron chi connectivity index (χ3n) is 11.2. The molecule has 6 aromatic heterocycles. The zero-order chi connectivity index (χ0) is 36.5. The Balaban J connectivity index is 1.21. The van der Waals surface area contributed by atoms with Crippen LogP contribution in [0, 0.1) is 0 Å². The smallest absolute Gasteiger partial charge is 0.238 e. The summed E-state index contributed by atoms with van der Waals surface area (Å²) >= 11 is 1.80. The van der Waals surface area contributed by atoms with Crippen molar-refractivity contribution in [2.45, 2.75) is 0 Å². The number of para-hydroxylation sites is 4. The second-order valence-electron chi connectivity index (χ2n) is 14.1. The second-order valence-corrected chi connectivity index (χ2v) is 15.2. The van der Waals surface area contributed by atoms with Crippen molar-refractivity contribution in [2.75, 3.05) is 0 Å². The van der Waals surface area contributed by atoms with Crippen molar-refractivity contribution in [3.05, 3.63) is 152 Å². The maximum absolute atomic E-state index is 6.57. The first-order valence-electron chi connectivity index (χ1n) is 18.5. The Morgan fingerprint density at radius 1 is 0.464 bits per heavy atom. The number of fused-ring (bicyclic) bond motifs is 16. The van der Waals surface area contributed by atoms with Gasteiger partial charge in [-0.15, -0.1) is 11.3 Å². The zero-order valence-electron chi connectivity index (χ0n) is 29.4. The molecule has 0 aliphatic heterocycles. The number of rotatable bonds is 3. The summed E-state index contributed by atoms with van der Waals surface area (Å²) in [5.41, 5.74) is 6.56. The first kappa shape index (κ1) is 30.0. The van der Waals surface area contributed by atoms with Gasteiger partial charge in [-0.05, 0) is 47.2 Å². The van der Waals surface area contributed by atoms with Gasteiger partial charge in [0.25, 0.3) is 0 Å². The standard InChI is InChI=1S/C48H25N5O2S/c1-2-14-29-28(13-1)40-32-23-24-49-25-36(32)53(42(40)45-41(29)33-15-5-8-22-39(33)56-45)48-51-46(34-18-9-16-30-26-11-3-6-20-37(26)54-43(30)34)50-47(52-48)35-19-10-17-31-27-12-4-7-21-38(27)55-44(31)35/h1-25H. The summed E-state index contributed by atoms with van der Waals surface area (Å²) in [6, 6.07) is 48.0. The predicted molar refractivity (Wildman–Crippen MR) is 228 cm³/mol. The van der Waals surface area contributed by atoms with Crippen LogP contribution >= 0.6 is 11.3 Å². The average molecular weight is 736 g/mol. The van der Waals surface area contributed by atoms with Crippen LogP contribution in [0.2, 0.25) is 0 Å². The Hall–Kier alpha value is -7.42. The maximum Gasteiger partial charge on any atom is 0.238 e. The van der Waals surface area contributed by atoms with Gasteiger partial charge in [0.2, 0.25) is 5.95 Å². The van der Waals surface area contributed by atoms with Gasteiger partial charge in [0, 0.05) is 54.0 Å². The van der Waals surface area contributed by atoms with Crippen molar-refractivity contribution in [1.29, 1.82) is 0 Å². The number of nitrogens with zero attached hydrogens (tertiary/aromatic N) is 5. The van der Waals surface area contributed by atoms with Crippen molar-refractivity contribution >= 4 is 108 Å². The summed E-state index contributed by atoms with van der Waals surface area (Å²) < 4.78 is 17.7. The molecule has 7 aromatic carbocycles. The average Bonchev–Trinajstić information content (AvgIpc) is 4.02. The van der Waals surface area contributed by atoms with E-state index in [9.17, 15) is 0 Å². The molecule has 0 aliphatic carbocycles. The number of hydrogen-bond donors (Lipinski definition) is 0. The van der Waals surface area contributed by atoms with Gasteiger partial charge in [-0.3, -0.25) is 9.55 Å². The first-order chi connectivity index (χ1) is 27.8. The molecule has 0 saturated heterocycles. The molecule has 0 radical (unpaired) electrons. The quantitative estimate of drug-likeness (QED) is 0.180. The number of pyridine rings is 1. The summed E-state index contributed by atoms with van der Waals surface area (Å²) in [6.07, 6.45) is 3.79. The van der Waals surface area contributed by atoms with E-state index in [1.807, 2.05) is 73.1 Å². The van der Waals surface area contributed by atoms with E-state index in [4.69, 9.17) is 23.8 Å². The Bertz CT molecular complexity index is 3660. The fourth-order valence-corrected chi connectivity index (χ4v) is 10.0. The summed E-state index contributed by atoms with van der Waals surface area (Å²) in [5, 5.41) is 11.1. The summed E-state index contributed by atoms with van der Waals surface area (Å²) in [6.45, 7) is 0. The van der Waals surface area contributed by atoms with Crippen LogP contribution in [0.4, 0.5) is 0 Å². The molecule has 0 fully saturated rings. The van der Waals surface area contributed by atoms with Gasteiger partial charge >= 0.3 is 0 Å². The third-order valence-corrected chi connectivity index (χ3v) is 12.3. The fourth-order valence-electron chi connectivity index (χ4n) is 8.78. The molecule has 0 N–H and O–H groups in total.